The lowest BCUT2D eigenvalue weighted by Crippen LogP contribution is -2.32. The van der Waals surface area contributed by atoms with Crippen LogP contribution in [-0.4, -0.2) is 52.4 Å². The molecule has 7 nitrogen and oxygen atoms in total. The number of aromatic nitrogens is 3. The maximum atomic E-state index is 11.5. The maximum absolute atomic E-state index is 11.5. The van der Waals surface area contributed by atoms with E-state index >= 15 is 0 Å². The average Bonchev–Trinajstić information content (AvgIpc) is 3.38. The summed E-state index contributed by atoms with van der Waals surface area (Å²) in [5, 5.41) is 2.82. The third kappa shape index (κ3) is 3.37. The zero-order valence-electron chi connectivity index (χ0n) is 17.4. The molecule has 1 saturated carbocycles. The summed E-state index contributed by atoms with van der Waals surface area (Å²) in [4.78, 5) is 30.5. The topological polar surface area (TPSA) is 74.2 Å². The van der Waals surface area contributed by atoms with E-state index in [1.807, 2.05) is 12.3 Å². The Labute approximate surface area is 171 Å². The minimum atomic E-state index is -0.107. The van der Waals surface area contributed by atoms with E-state index in [9.17, 15) is 4.79 Å². The highest BCUT2D eigenvalue weighted by molar-refractivity contribution is 5.89. The minimum absolute atomic E-state index is 0.107. The van der Waals surface area contributed by atoms with Crippen molar-refractivity contribution in [2.45, 2.75) is 50.9 Å². The number of fused-ring (bicyclic) bond motifs is 2. The van der Waals surface area contributed by atoms with Gasteiger partial charge in [0.05, 0.1) is 5.69 Å². The zero-order valence-corrected chi connectivity index (χ0v) is 17.4. The zero-order chi connectivity index (χ0) is 20.2. The number of likely N-dealkylation sites (N-methyl/N-ethyl adjacent to an activating group) is 1. The molecule has 0 aromatic carbocycles. The highest BCUT2D eigenvalue weighted by Gasteiger charge is 2.52. The summed E-state index contributed by atoms with van der Waals surface area (Å²) in [6.45, 7) is 6.65. The van der Waals surface area contributed by atoms with Crippen molar-refractivity contribution in [3.63, 3.8) is 0 Å². The lowest BCUT2D eigenvalue weighted by Gasteiger charge is -2.29. The molecule has 1 aliphatic carbocycles. The molecule has 7 heteroatoms. The lowest BCUT2D eigenvalue weighted by atomic mass is 9.97. The first kappa shape index (κ1) is 18.5. The Kier molecular flexibility index (Phi) is 4.31. The van der Waals surface area contributed by atoms with E-state index < -0.39 is 0 Å². The van der Waals surface area contributed by atoms with Gasteiger partial charge in [0.25, 0.3) is 0 Å². The second-order valence-electron chi connectivity index (χ2n) is 8.96. The number of rotatable bonds is 3. The number of anilines is 3. The molecule has 3 aliphatic rings. The Morgan fingerprint density at radius 1 is 1.28 bits per heavy atom. The molecular formula is C22H28N6O. The fourth-order valence-corrected chi connectivity index (χ4v) is 4.85. The highest BCUT2D eigenvalue weighted by atomic mass is 16.1. The van der Waals surface area contributed by atoms with E-state index in [0.29, 0.717) is 11.7 Å². The molecule has 1 spiro atoms. The third-order valence-electron chi connectivity index (χ3n) is 6.49. The monoisotopic (exact) mass is 392 g/mol. The number of carbonyl (C=O) groups excluding carboxylic acids is 1. The molecule has 0 radical (unpaired) electrons. The summed E-state index contributed by atoms with van der Waals surface area (Å²) >= 11 is 0. The smallest absolute Gasteiger partial charge is 0.222 e. The number of carbonyl (C=O) groups is 1. The minimum Gasteiger partial charge on any atom is -0.325 e. The van der Waals surface area contributed by atoms with Gasteiger partial charge in [-0.05, 0) is 46.2 Å². The fourth-order valence-electron chi connectivity index (χ4n) is 4.85. The number of amides is 1. The van der Waals surface area contributed by atoms with Crippen LogP contribution in [0.2, 0.25) is 0 Å². The molecule has 1 unspecified atom stereocenters. The normalized spacial score (nSPS) is 22.6. The van der Waals surface area contributed by atoms with Gasteiger partial charge in [-0.1, -0.05) is 0 Å². The number of aryl methyl sites for hydroxylation is 1. The van der Waals surface area contributed by atoms with Gasteiger partial charge < -0.3 is 15.1 Å². The van der Waals surface area contributed by atoms with Crippen LogP contribution in [-0.2, 0) is 10.2 Å². The van der Waals surface area contributed by atoms with Crippen LogP contribution in [0.4, 0.5) is 17.3 Å². The molecule has 29 heavy (non-hydrogen) atoms. The van der Waals surface area contributed by atoms with Gasteiger partial charge in [-0.15, -0.1) is 0 Å². The van der Waals surface area contributed by atoms with Gasteiger partial charge in [-0.25, -0.2) is 15.0 Å². The fraction of sp³-hybridized carbons (Fsp3) is 0.545. The molecule has 1 N–H and O–H groups in total. The SMILES string of the molecule is CC(=O)Nc1cc2c(cn1)C1(CC1)CN2c1cc(C)nc(C2CCCN(C)C2)n1. The molecule has 0 bridgehead atoms. The maximum Gasteiger partial charge on any atom is 0.222 e. The largest absolute Gasteiger partial charge is 0.325 e. The lowest BCUT2D eigenvalue weighted by molar-refractivity contribution is -0.114. The quantitative estimate of drug-likeness (QED) is 0.865. The van der Waals surface area contributed by atoms with Gasteiger partial charge in [-0.3, -0.25) is 4.79 Å². The average molecular weight is 393 g/mol. The number of hydrogen-bond donors (Lipinski definition) is 1. The van der Waals surface area contributed by atoms with Gasteiger partial charge in [0.1, 0.15) is 17.5 Å². The van der Waals surface area contributed by atoms with Crippen LogP contribution in [0.1, 0.15) is 55.6 Å². The first-order chi connectivity index (χ1) is 13.9. The van der Waals surface area contributed by atoms with E-state index in [1.165, 1.54) is 31.7 Å². The van der Waals surface area contributed by atoms with Gasteiger partial charge in [0, 0.05) is 60.9 Å². The van der Waals surface area contributed by atoms with E-state index in [0.717, 1.165) is 49.1 Å². The molecule has 1 amide bonds. The predicted octanol–water partition coefficient (Wildman–Crippen LogP) is 3.13. The van der Waals surface area contributed by atoms with Crippen molar-refractivity contribution in [1.29, 1.82) is 0 Å². The summed E-state index contributed by atoms with van der Waals surface area (Å²) in [6, 6.07) is 4.08. The van der Waals surface area contributed by atoms with Crippen molar-refractivity contribution in [3.8, 4) is 0 Å². The molecule has 2 aliphatic heterocycles. The second-order valence-corrected chi connectivity index (χ2v) is 8.96. The Balaban J connectivity index is 1.53. The van der Waals surface area contributed by atoms with E-state index in [1.54, 1.807) is 0 Å². The van der Waals surface area contributed by atoms with E-state index in [-0.39, 0.29) is 11.3 Å². The molecule has 2 aromatic heterocycles. The number of pyridine rings is 1. The van der Waals surface area contributed by atoms with Crippen molar-refractivity contribution in [2.75, 3.05) is 36.9 Å². The molecular weight excluding hydrogens is 364 g/mol. The summed E-state index contributed by atoms with van der Waals surface area (Å²) in [7, 11) is 2.17. The third-order valence-corrected chi connectivity index (χ3v) is 6.49. The van der Waals surface area contributed by atoms with Crippen LogP contribution in [0.5, 0.6) is 0 Å². The van der Waals surface area contributed by atoms with E-state index in [4.69, 9.17) is 9.97 Å². The van der Waals surface area contributed by atoms with Gasteiger partial charge >= 0.3 is 0 Å². The standard InChI is InChI=1S/C22H28N6O/c1-14-9-20(26-21(24-14)16-5-4-8-27(3)12-16)28-13-22(6-7-22)17-11-23-19(10-18(17)28)25-15(2)29/h9-11,16H,4-8,12-13H2,1-3H3,(H,23,25,29). The Morgan fingerprint density at radius 3 is 2.83 bits per heavy atom. The number of hydrogen-bond acceptors (Lipinski definition) is 6. The molecule has 152 valence electrons. The molecule has 1 atom stereocenters. The number of likely N-dealkylation sites (tertiary alicyclic amines) is 1. The van der Waals surface area contributed by atoms with Gasteiger partial charge in [-0.2, -0.15) is 0 Å². The van der Waals surface area contributed by atoms with E-state index in [2.05, 4.69) is 40.1 Å². The summed E-state index contributed by atoms with van der Waals surface area (Å²) in [6.07, 6.45) is 6.64. The van der Waals surface area contributed by atoms with Crippen molar-refractivity contribution in [1.82, 2.24) is 19.9 Å². The van der Waals surface area contributed by atoms with Crippen LogP contribution < -0.4 is 10.2 Å². The molecule has 2 aromatic rings. The van der Waals surface area contributed by atoms with Crippen LogP contribution >= 0.6 is 0 Å². The number of nitrogens with one attached hydrogen (secondary N) is 1. The second kappa shape index (κ2) is 6.76. The van der Waals surface area contributed by atoms with Crippen molar-refractivity contribution in [2.24, 2.45) is 0 Å². The summed E-state index contributed by atoms with van der Waals surface area (Å²) in [5.41, 5.74) is 3.60. The Hall–Kier alpha value is -2.54. The molecule has 4 heterocycles. The van der Waals surface area contributed by atoms with Crippen LogP contribution in [0.25, 0.3) is 0 Å². The van der Waals surface area contributed by atoms with Crippen LogP contribution in [0, 0.1) is 6.92 Å². The van der Waals surface area contributed by atoms with Crippen molar-refractivity contribution >= 4 is 23.2 Å². The predicted molar refractivity (Wildman–Crippen MR) is 113 cm³/mol. The molecule has 1 saturated heterocycles. The van der Waals surface area contributed by atoms with Crippen LogP contribution in [0.3, 0.4) is 0 Å². The highest BCUT2D eigenvalue weighted by Crippen LogP contribution is 2.58. The van der Waals surface area contributed by atoms with Gasteiger partial charge in [0.2, 0.25) is 5.91 Å². The first-order valence-electron chi connectivity index (χ1n) is 10.5. The van der Waals surface area contributed by atoms with Gasteiger partial charge in [0.15, 0.2) is 0 Å². The molecule has 2 fully saturated rings. The Bertz CT molecular complexity index is 970. The van der Waals surface area contributed by atoms with Crippen molar-refractivity contribution in [3.05, 3.63) is 35.4 Å². The van der Waals surface area contributed by atoms with Crippen LogP contribution in [0.15, 0.2) is 18.3 Å². The Morgan fingerprint density at radius 2 is 2.10 bits per heavy atom. The summed E-state index contributed by atoms with van der Waals surface area (Å²) < 4.78 is 0. The number of piperidine rings is 1. The molecule has 5 rings (SSSR count). The first-order valence-corrected chi connectivity index (χ1v) is 10.5. The summed E-state index contributed by atoms with van der Waals surface area (Å²) in [5.74, 6) is 2.80. The van der Waals surface area contributed by atoms with Crippen molar-refractivity contribution < 1.29 is 4.79 Å². The number of nitrogens with zero attached hydrogens (tertiary/aromatic N) is 5.